The fourth-order valence-corrected chi connectivity index (χ4v) is 3.32. The highest BCUT2D eigenvalue weighted by molar-refractivity contribution is 7.99. The van der Waals surface area contributed by atoms with Crippen molar-refractivity contribution in [2.24, 2.45) is 0 Å². The molecule has 0 N–H and O–H groups in total. The van der Waals surface area contributed by atoms with Crippen molar-refractivity contribution in [1.82, 2.24) is 9.97 Å². The van der Waals surface area contributed by atoms with Crippen LogP contribution >= 0.6 is 23.4 Å². The summed E-state index contributed by atoms with van der Waals surface area (Å²) in [7, 11) is 0. The number of aromatic nitrogens is 2. The number of aldehydes is 1. The third-order valence-corrected chi connectivity index (χ3v) is 4.67. The van der Waals surface area contributed by atoms with Gasteiger partial charge in [-0.25, -0.2) is 9.97 Å². The number of nitrogens with zero attached hydrogens (tertiary/aromatic N) is 3. The van der Waals surface area contributed by atoms with Gasteiger partial charge in [0.25, 0.3) is 5.69 Å². The van der Waals surface area contributed by atoms with Gasteiger partial charge in [-0.2, -0.15) is 0 Å². The van der Waals surface area contributed by atoms with Gasteiger partial charge < -0.3 is 0 Å². The number of nitro groups is 1. The van der Waals surface area contributed by atoms with E-state index in [4.69, 9.17) is 11.6 Å². The van der Waals surface area contributed by atoms with Crippen molar-refractivity contribution in [3.63, 3.8) is 0 Å². The van der Waals surface area contributed by atoms with Crippen LogP contribution in [0.1, 0.15) is 16.1 Å². The molecule has 6 nitrogen and oxygen atoms in total. The molecule has 0 aliphatic carbocycles. The SMILES string of the molecule is Cc1cc(-c2ccc(Cl)cc2)nc(Sc2ccc(C=O)cc2[N+](=O)[O-])n1. The first-order valence-electron chi connectivity index (χ1n) is 7.49. The lowest BCUT2D eigenvalue weighted by Gasteiger charge is -2.07. The summed E-state index contributed by atoms with van der Waals surface area (Å²) in [6.07, 6.45) is 0.573. The van der Waals surface area contributed by atoms with Gasteiger partial charge in [0.2, 0.25) is 0 Å². The molecule has 0 saturated carbocycles. The maximum absolute atomic E-state index is 11.3. The summed E-state index contributed by atoms with van der Waals surface area (Å²) in [4.78, 5) is 30.8. The van der Waals surface area contributed by atoms with Crippen LogP contribution in [0.3, 0.4) is 0 Å². The van der Waals surface area contributed by atoms with E-state index in [1.54, 1.807) is 12.1 Å². The van der Waals surface area contributed by atoms with Gasteiger partial charge in [-0.15, -0.1) is 0 Å². The van der Waals surface area contributed by atoms with Gasteiger partial charge in [0.1, 0.15) is 6.29 Å². The van der Waals surface area contributed by atoms with E-state index >= 15 is 0 Å². The number of carbonyl (C=O) groups excluding carboxylic acids is 1. The number of nitro benzene ring substituents is 1. The van der Waals surface area contributed by atoms with Gasteiger partial charge in [0, 0.05) is 27.9 Å². The summed E-state index contributed by atoms with van der Waals surface area (Å²) in [6, 6.07) is 13.4. The quantitative estimate of drug-likeness (QED) is 0.266. The van der Waals surface area contributed by atoms with E-state index in [0.29, 0.717) is 27.1 Å². The van der Waals surface area contributed by atoms with E-state index in [1.165, 1.54) is 18.2 Å². The number of hydrogen-bond acceptors (Lipinski definition) is 6. The average Bonchev–Trinajstić information content (AvgIpc) is 2.62. The summed E-state index contributed by atoms with van der Waals surface area (Å²) < 4.78 is 0. The molecule has 0 radical (unpaired) electrons. The molecule has 26 heavy (non-hydrogen) atoms. The van der Waals surface area contributed by atoms with Crippen molar-refractivity contribution in [3.05, 3.63) is 74.9 Å². The number of rotatable bonds is 5. The van der Waals surface area contributed by atoms with E-state index < -0.39 is 4.92 Å². The molecule has 1 aromatic heterocycles. The Hall–Kier alpha value is -2.77. The normalized spacial score (nSPS) is 10.5. The first kappa shape index (κ1) is 18.0. The zero-order valence-electron chi connectivity index (χ0n) is 13.5. The third kappa shape index (κ3) is 4.07. The molecule has 1 heterocycles. The molecule has 8 heteroatoms. The van der Waals surface area contributed by atoms with Crippen LogP contribution in [-0.2, 0) is 0 Å². The highest BCUT2D eigenvalue weighted by Gasteiger charge is 2.17. The van der Waals surface area contributed by atoms with Crippen LogP contribution in [-0.4, -0.2) is 21.2 Å². The molecule has 0 atom stereocenters. The minimum absolute atomic E-state index is 0.155. The number of benzene rings is 2. The highest BCUT2D eigenvalue weighted by atomic mass is 35.5. The Morgan fingerprint density at radius 3 is 2.50 bits per heavy atom. The van der Waals surface area contributed by atoms with Gasteiger partial charge in [-0.1, -0.05) is 29.8 Å². The van der Waals surface area contributed by atoms with Gasteiger partial charge >= 0.3 is 0 Å². The van der Waals surface area contributed by atoms with Crippen molar-refractivity contribution >= 4 is 35.3 Å². The fraction of sp³-hybridized carbons (Fsp3) is 0.0556. The zero-order valence-corrected chi connectivity index (χ0v) is 15.1. The molecule has 3 rings (SSSR count). The fourth-order valence-electron chi connectivity index (χ4n) is 2.29. The molecular formula is C18H12ClN3O3S. The van der Waals surface area contributed by atoms with Gasteiger partial charge in [-0.3, -0.25) is 14.9 Å². The van der Waals surface area contributed by atoms with Gasteiger partial charge in [0.15, 0.2) is 5.16 Å². The van der Waals surface area contributed by atoms with Crippen molar-refractivity contribution < 1.29 is 9.72 Å². The molecule has 2 aromatic carbocycles. The van der Waals surface area contributed by atoms with Gasteiger partial charge in [0.05, 0.1) is 15.5 Å². The minimum atomic E-state index is -0.523. The Labute approximate surface area is 158 Å². The lowest BCUT2D eigenvalue weighted by atomic mass is 10.1. The second-order valence-corrected chi connectivity index (χ2v) is 6.83. The van der Waals surface area contributed by atoms with Crippen LogP contribution in [0.25, 0.3) is 11.3 Å². The number of halogens is 1. The van der Waals surface area contributed by atoms with Crippen molar-refractivity contribution in [1.29, 1.82) is 0 Å². The molecule has 0 unspecified atom stereocenters. The number of hydrogen-bond donors (Lipinski definition) is 0. The zero-order chi connectivity index (χ0) is 18.7. The van der Waals surface area contributed by atoms with Crippen LogP contribution in [0.5, 0.6) is 0 Å². The first-order chi connectivity index (χ1) is 12.5. The van der Waals surface area contributed by atoms with E-state index in [1.807, 2.05) is 25.1 Å². The molecule has 0 fully saturated rings. The van der Waals surface area contributed by atoms with Crippen molar-refractivity contribution in [2.75, 3.05) is 0 Å². The summed E-state index contributed by atoms with van der Waals surface area (Å²) >= 11 is 7.00. The van der Waals surface area contributed by atoms with E-state index in [0.717, 1.165) is 23.0 Å². The van der Waals surface area contributed by atoms with Crippen LogP contribution in [0.4, 0.5) is 5.69 Å². The van der Waals surface area contributed by atoms with Crippen LogP contribution in [0.2, 0.25) is 5.02 Å². The molecule has 0 aliphatic heterocycles. The molecule has 130 valence electrons. The molecule has 0 bridgehead atoms. The summed E-state index contributed by atoms with van der Waals surface area (Å²) in [5, 5.41) is 12.3. The van der Waals surface area contributed by atoms with Crippen LogP contribution in [0, 0.1) is 17.0 Å². The predicted molar refractivity (Wildman–Crippen MR) is 99.8 cm³/mol. The van der Waals surface area contributed by atoms with E-state index in [9.17, 15) is 14.9 Å². The maximum Gasteiger partial charge on any atom is 0.284 e. The van der Waals surface area contributed by atoms with E-state index in [-0.39, 0.29) is 11.3 Å². The standard InChI is InChI=1S/C18H12ClN3O3S/c1-11-8-15(13-3-5-14(19)6-4-13)21-18(20-11)26-17-7-2-12(10-23)9-16(17)22(24)25/h2-10H,1H3. The largest absolute Gasteiger partial charge is 0.298 e. The molecule has 0 spiro atoms. The molecule has 0 aliphatic rings. The second-order valence-electron chi connectivity index (χ2n) is 5.39. The third-order valence-electron chi connectivity index (χ3n) is 3.49. The second kappa shape index (κ2) is 7.63. The molecule has 3 aromatic rings. The highest BCUT2D eigenvalue weighted by Crippen LogP contribution is 2.34. The minimum Gasteiger partial charge on any atom is -0.298 e. The predicted octanol–water partition coefficient (Wildman–Crippen LogP) is 4.98. The number of carbonyl (C=O) groups is 1. The smallest absolute Gasteiger partial charge is 0.284 e. The molecule has 0 saturated heterocycles. The summed E-state index contributed by atoms with van der Waals surface area (Å²) in [6.45, 7) is 1.83. The Morgan fingerprint density at radius 1 is 1.12 bits per heavy atom. The number of aryl methyl sites for hydroxylation is 1. The lowest BCUT2D eigenvalue weighted by molar-refractivity contribution is -0.387. The Balaban J connectivity index is 1.99. The Morgan fingerprint density at radius 2 is 1.85 bits per heavy atom. The molecule has 0 amide bonds. The first-order valence-corrected chi connectivity index (χ1v) is 8.69. The maximum atomic E-state index is 11.3. The monoisotopic (exact) mass is 385 g/mol. The summed E-state index contributed by atoms with van der Waals surface area (Å²) in [5.74, 6) is 0. The van der Waals surface area contributed by atoms with E-state index in [2.05, 4.69) is 9.97 Å². The lowest BCUT2D eigenvalue weighted by Crippen LogP contribution is -1.96. The Kier molecular flexibility index (Phi) is 5.29. The topological polar surface area (TPSA) is 86.0 Å². The average molecular weight is 386 g/mol. The van der Waals surface area contributed by atoms with Crippen molar-refractivity contribution in [3.8, 4) is 11.3 Å². The Bertz CT molecular complexity index is 993. The summed E-state index contributed by atoms with van der Waals surface area (Å²) in [5.41, 5.74) is 2.39. The van der Waals surface area contributed by atoms with Gasteiger partial charge in [-0.05, 0) is 43.0 Å². The van der Waals surface area contributed by atoms with Crippen LogP contribution in [0.15, 0.2) is 58.6 Å². The molecular weight excluding hydrogens is 374 g/mol. The van der Waals surface area contributed by atoms with Crippen LogP contribution < -0.4 is 0 Å². The van der Waals surface area contributed by atoms with Crippen molar-refractivity contribution in [2.45, 2.75) is 17.0 Å².